The second-order valence-corrected chi connectivity index (χ2v) is 7.17. The number of aliphatic hydroxyl groups is 1. The van der Waals surface area contributed by atoms with E-state index in [-0.39, 0.29) is 0 Å². The minimum absolute atomic E-state index is 0.331. The van der Waals surface area contributed by atoms with Gasteiger partial charge in [-0.3, -0.25) is 0 Å². The van der Waals surface area contributed by atoms with E-state index in [0.717, 1.165) is 19.3 Å². The van der Waals surface area contributed by atoms with Crippen LogP contribution >= 0.6 is 11.8 Å². The first-order valence-corrected chi connectivity index (χ1v) is 10.7. The van der Waals surface area contributed by atoms with Gasteiger partial charge < -0.3 is 5.11 Å². The maximum atomic E-state index is 9.12. The summed E-state index contributed by atoms with van der Waals surface area (Å²) in [5.74, 6) is 0. The van der Waals surface area contributed by atoms with E-state index in [1.54, 1.807) is 11.8 Å². The fourth-order valence-corrected chi connectivity index (χ4v) is 3.00. The van der Waals surface area contributed by atoms with Crippen molar-refractivity contribution in [3.05, 3.63) is 36.5 Å². The molecule has 0 aromatic carbocycles. The molecule has 0 aliphatic heterocycles. The summed E-state index contributed by atoms with van der Waals surface area (Å²) in [5, 5.41) is 9.57. The molecular weight excluding hydrogens is 300 g/mol. The summed E-state index contributed by atoms with van der Waals surface area (Å²) in [6.45, 7) is 2.50. The van der Waals surface area contributed by atoms with Crippen molar-refractivity contribution in [3.8, 4) is 0 Å². The molecule has 0 aromatic heterocycles. The lowest BCUT2D eigenvalue weighted by molar-refractivity contribution is 0.288. The molecule has 2 heteroatoms. The summed E-state index contributed by atoms with van der Waals surface area (Å²) in [5.41, 5.74) is 0. The maximum absolute atomic E-state index is 9.12. The number of thioether (sulfide) groups is 1. The highest BCUT2D eigenvalue weighted by Crippen LogP contribution is 2.16. The molecule has 0 amide bonds. The lowest BCUT2D eigenvalue weighted by Gasteiger charge is -2.10. The summed E-state index contributed by atoms with van der Waals surface area (Å²) in [6.07, 6.45) is 29.3. The molecule has 0 aliphatic carbocycles. The Bertz CT molecular complexity index is 303. The summed E-state index contributed by atoms with van der Waals surface area (Å²) >= 11 is 1.79. The van der Waals surface area contributed by atoms with Crippen molar-refractivity contribution in [2.75, 3.05) is 12.9 Å². The molecule has 1 nitrogen and oxygen atoms in total. The van der Waals surface area contributed by atoms with Crippen LogP contribution in [0, 0.1) is 0 Å². The van der Waals surface area contributed by atoms with E-state index in [1.165, 1.54) is 51.4 Å². The van der Waals surface area contributed by atoms with Crippen LogP contribution in [0.25, 0.3) is 0 Å². The zero-order chi connectivity index (χ0) is 17.0. The van der Waals surface area contributed by atoms with E-state index in [1.807, 2.05) is 0 Å². The second-order valence-electron chi connectivity index (χ2n) is 6.03. The van der Waals surface area contributed by atoms with Gasteiger partial charge >= 0.3 is 0 Å². The number of aliphatic hydroxyl groups excluding tert-OH is 1. The summed E-state index contributed by atoms with van der Waals surface area (Å²) < 4.78 is 0. The molecule has 23 heavy (non-hydrogen) atoms. The fraction of sp³-hybridized carbons (Fsp3) is 0.714. The van der Waals surface area contributed by atoms with Gasteiger partial charge in [-0.1, -0.05) is 75.5 Å². The van der Waals surface area contributed by atoms with Crippen LogP contribution in [0.1, 0.15) is 77.6 Å². The van der Waals surface area contributed by atoms with Crippen molar-refractivity contribution in [2.24, 2.45) is 0 Å². The van der Waals surface area contributed by atoms with Crippen LogP contribution in [0.4, 0.5) is 0 Å². The Hall–Kier alpha value is -0.470. The minimum atomic E-state index is 0.331. The van der Waals surface area contributed by atoms with Gasteiger partial charge in [0.1, 0.15) is 0 Å². The first-order valence-electron chi connectivity index (χ1n) is 9.43. The van der Waals surface area contributed by atoms with Crippen molar-refractivity contribution >= 4 is 11.8 Å². The maximum Gasteiger partial charge on any atom is 0.0549 e. The van der Waals surface area contributed by atoms with E-state index in [4.69, 9.17) is 5.11 Å². The predicted octanol–water partition coefficient (Wildman–Crippen LogP) is 6.69. The average molecular weight is 339 g/mol. The average Bonchev–Trinajstić information content (AvgIpc) is 2.58. The number of rotatable bonds is 16. The topological polar surface area (TPSA) is 20.2 Å². The van der Waals surface area contributed by atoms with Gasteiger partial charge in [0.05, 0.1) is 6.61 Å². The first-order chi connectivity index (χ1) is 11.3. The Balaban J connectivity index is 3.26. The van der Waals surface area contributed by atoms with E-state index in [2.05, 4.69) is 49.6 Å². The molecular formula is C21H38OS. The van der Waals surface area contributed by atoms with E-state index < -0.39 is 0 Å². The molecule has 1 unspecified atom stereocenters. The van der Waals surface area contributed by atoms with E-state index in [0.29, 0.717) is 11.9 Å². The van der Waals surface area contributed by atoms with Crippen LogP contribution in [0.5, 0.6) is 0 Å². The largest absolute Gasteiger partial charge is 0.395 e. The van der Waals surface area contributed by atoms with Gasteiger partial charge in [0.15, 0.2) is 0 Å². The molecule has 0 radical (unpaired) electrons. The molecule has 0 saturated carbocycles. The Morgan fingerprint density at radius 3 is 1.96 bits per heavy atom. The lowest BCUT2D eigenvalue weighted by atomic mass is 10.1. The molecule has 0 spiro atoms. The third-order valence-electron chi connectivity index (χ3n) is 3.96. The van der Waals surface area contributed by atoms with Gasteiger partial charge in [-0.05, 0) is 44.8 Å². The van der Waals surface area contributed by atoms with Crippen molar-refractivity contribution in [3.63, 3.8) is 0 Å². The third kappa shape index (κ3) is 17.7. The van der Waals surface area contributed by atoms with Gasteiger partial charge in [-0.25, -0.2) is 0 Å². The smallest absolute Gasteiger partial charge is 0.0549 e. The van der Waals surface area contributed by atoms with Crippen LogP contribution in [0.2, 0.25) is 0 Å². The van der Waals surface area contributed by atoms with E-state index in [9.17, 15) is 0 Å². The second kappa shape index (κ2) is 19.6. The standard InChI is InChI=1S/C21H38OS/c1-3-4-5-6-7-8-9-10-11-12-13-14-15-16-17-18-19-21(20-22)23-2/h4-5,7-8,10-11,21-22H,3,6,9,12-20H2,1-2H3/b5-4-,8-7-,11-10-. The van der Waals surface area contributed by atoms with Crippen LogP contribution in [-0.2, 0) is 0 Å². The zero-order valence-electron chi connectivity index (χ0n) is 15.4. The third-order valence-corrected chi connectivity index (χ3v) is 5.02. The Labute approximate surface area is 149 Å². The number of unbranched alkanes of at least 4 members (excludes halogenated alkanes) is 6. The van der Waals surface area contributed by atoms with Crippen LogP contribution in [-0.4, -0.2) is 23.2 Å². The summed E-state index contributed by atoms with van der Waals surface area (Å²) in [6, 6.07) is 0. The van der Waals surface area contributed by atoms with Gasteiger partial charge in [0.25, 0.3) is 0 Å². The quantitative estimate of drug-likeness (QED) is 0.250. The Morgan fingerprint density at radius 2 is 1.35 bits per heavy atom. The molecule has 0 fully saturated rings. The molecule has 0 aliphatic rings. The van der Waals surface area contributed by atoms with Gasteiger partial charge in [-0.15, -0.1) is 0 Å². The van der Waals surface area contributed by atoms with Crippen molar-refractivity contribution < 1.29 is 5.11 Å². The Kier molecular flexibility index (Phi) is 19.2. The molecule has 0 heterocycles. The molecule has 1 N–H and O–H groups in total. The van der Waals surface area contributed by atoms with Crippen molar-refractivity contribution in [2.45, 2.75) is 82.8 Å². The SMILES string of the molecule is CC/C=C\C/C=C\C/C=C\CCCCCCCCC(CO)SC. The van der Waals surface area contributed by atoms with Gasteiger partial charge in [0.2, 0.25) is 0 Å². The van der Waals surface area contributed by atoms with E-state index >= 15 is 0 Å². The minimum Gasteiger partial charge on any atom is -0.395 e. The highest BCUT2D eigenvalue weighted by molar-refractivity contribution is 7.99. The predicted molar refractivity (Wildman–Crippen MR) is 108 cm³/mol. The van der Waals surface area contributed by atoms with Gasteiger partial charge in [-0.2, -0.15) is 11.8 Å². The molecule has 0 bridgehead atoms. The summed E-state index contributed by atoms with van der Waals surface area (Å²) in [7, 11) is 0. The van der Waals surface area contributed by atoms with Crippen LogP contribution in [0.15, 0.2) is 36.5 Å². The normalized spacial score (nSPS) is 13.7. The number of allylic oxidation sites excluding steroid dienone is 6. The molecule has 0 rings (SSSR count). The number of hydrogen-bond acceptors (Lipinski definition) is 2. The molecule has 134 valence electrons. The van der Waals surface area contributed by atoms with Crippen LogP contribution < -0.4 is 0 Å². The zero-order valence-corrected chi connectivity index (χ0v) is 16.2. The Morgan fingerprint density at radius 1 is 0.783 bits per heavy atom. The molecule has 0 aromatic rings. The van der Waals surface area contributed by atoms with Crippen molar-refractivity contribution in [1.82, 2.24) is 0 Å². The lowest BCUT2D eigenvalue weighted by Crippen LogP contribution is -2.07. The van der Waals surface area contributed by atoms with Gasteiger partial charge in [0, 0.05) is 5.25 Å². The number of hydrogen-bond donors (Lipinski definition) is 1. The molecule has 1 atom stereocenters. The fourth-order valence-electron chi connectivity index (χ4n) is 2.45. The first kappa shape index (κ1) is 22.5. The monoisotopic (exact) mass is 338 g/mol. The highest BCUT2D eigenvalue weighted by Gasteiger charge is 2.03. The van der Waals surface area contributed by atoms with Crippen LogP contribution in [0.3, 0.4) is 0 Å². The summed E-state index contributed by atoms with van der Waals surface area (Å²) in [4.78, 5) is 0. The molecule has 0 saturated heterocycles. The van der Waals surface area contributed by atoms with Crippen molar-refractivity contribution in [1.29, 1.82) is 0 Å². The highest BCUT2D eigenvalue weighted by atomic mass is 32.2.